The average molecular weight is 339 g/mol. The van der Waals surface area contributed by atoms with Crippen LogP contribution in [0.4, 0.5) is 5.69 Å². The fourth-order valence-corrected chi connectivity index (χ4v) is 2.68. The number of pyridine rings is 1. The standard InChI is InChI=1S/C15H15ClN2O5/c1-4-23-15(20)12-13(16)10-7-9(18(21)22)5-6-11(10)17(8(2)3)14(12)19/h5-8H,4H2,1-3H3. The monoisotopic (exact) mass is 338 g/mol. The molecule has 122 valence electrons. The molecule has 0 spiro atoms. The van der Waals surface area contributed by atoms with Crippen molar-refractivity contribution >= 4 is 34.2 Å². The van der Waals surface area contributed by atoms with Gasteiger partial charge in [-0.2, -0.15) is 0 Å². The first-order valence-electron chi connectivity index (χ1n) is 6.98. The molecule has 23 heavy (non-hydrogen) atoms. The van der Waals surface area contributed by atoms with Crippen LogP contribution >= 0.6 is 11.6 Å². The number of carbonyl (C=O) groups excluding carboxylic acids is 1. The molecule has 0 radical (unpaired) electrons. The van der Waals surface area contributed by atoms with E-state index in [1.165, 1.54) is 22.8 Å². The van der Waals surface area contributed by atoms with Gasteiger partial charge in [-0.05, 0) is 26.8 Å². The highest BCUT2D eigenvalue weighted by molar-refractivity contribution is 6.38. The van der Waals surface area contributed by atoms with Gasteiger partial charge >= 0.3 is 5.97 Å². The quantitative estimate of drug-likeness (QED) is 0.484. The number of nitro benzene ring substituents is 1. The second-order valence-electron chi connectivity index (χ2n) is 5.14. The number of ether oxygens (including phenoxy) is 1. The molecule has 0 aliphatic heterocycles. The molecule has 0 saturated heterocycles. The van der Waals surface area contributed by atoms with Crippen LogP contribution in [0.1, 0.15) is 37.2 Å². The lowest BCUT2D eigenvalue weighted by molar-refractivity contribution is -0.384. The number of hydrogen-bond acceptors (Lipinski definition) is 5. The Morgan fingerprint density at radius 2 is 2.09 bits per heavy atom. The predicted molar refractivity (Wildman–Crippen MR) is 86.2 cm³/mol. The Labute approximate surface area is 136 Å². The van der Waals surface area contributed by atoms with Gasteiger partial charge in [-0.25, -0.2) is 4.79 Å². The number of fused-ring (bicyclic) bond motifs is 1. The molecule has 2 rings (SSSR count). The number of carbonyl (C=O) groups is 1. The second kappa shape index (κ2) is 6.37. The molecule has 0 N–H and O–H groups in total. The molecule has 1 aromatic carbocycles. The van der Waals surface area contributed by atoms with Crippen molar-refractivity contribution in [3.63, 3.8) is 0 Å². The smallest absolute Gasteiger partial charge is 0.345 e. The SMILES string of the molecule is CCOC(=O)c1c(Cl)c2cc([N+](=O)[O-])ccc2n(C(C)C)c1=O. The van der Waals surface area contributed by atoms with E-state index >= 15 is 0 Å². The number of halogens is 1. The van der Waals surface area contributed by atoms with E-state index in [4.69, 9.17) is 16.3 Å². The Hall–Kier alpha value is -2.41. The fourth-order valence-electron chi connectivity index (χ4n) is 2.37. The van der Waals surface area contributed by atoms with Gasteiger partial charge in [0.05, 0.1) is 22.1 Å². The first-order valence-corrected chi connectivity index (χ1v) is 7.36. The fraction of sp³-hybridized carbons (Fsp3) is 0.333. The van der Waals surface area contributed by atoms with Gasteiger partial charge < -0.3 is 9.30 Å². The molecule has 0 atom stereocenters. The summed E-state index contributed by atoms with van der Waals surface area (Å²) >= 11 is 6.19. The van der Waals surface area contributed by atoms with Gasteiger partial charge in [0.15, 0.2) is 0 Å². The summed E-state index contributed by atoms with van der Waals surface area (Å²) in [5, 5.41) is 11.1. The minimum absolute atomic E-state index is 0.0866. The van der Waals surface area contributed by atoms with E-state index in [0.29, 0.717) is 5.52 Å². The number of aromatic nitrogens is 1. The van der Waals surface area contributed by atoms with Gasteiger partial charge in [-0.15, -0.1) is 0 Å². The summed E-state index contributed by atoms with van der Waals surface area (Å²) in [6.07, 6.45) is 0. The molecule has 0 aliphatic carbocycles. The predicted octanol–water partition coefficient (Wildman–Crippen LogP) is 3.32. The lowest BCUT2D eigenvalue weighted by Gasteiger charge is -2.17. The first-order chi connectivity index (χ1) is 10.8. The van der Waals surface area contributed by atoms with Crippen molar-refractivity contribution in [2.45, 2.75) is 26.8 Å². The minimum Gasteiger partial charge on any atom is -0.462 e. The van der Waals surface area contributed by atoms with E-state index in [1.54, 1.807) is 20.8 Å². The van der Waals surface area contributed by atoms with E-state index in [9.17, 15) is 19.7 Å². The summed E-state index contributed by atoms with van der Waals surface area (Å²) in [7, 11) is 0. The van der Waals surface area contributed by atoms with Crippen LogP contribution in [0, 0.1) is 10.1 Å². The zero-order valence-corrected chi connectivity index (χ0v) is 13.6. The van der Waals surface area contributed by atoms with Gasteiger partial charge in [-0.1, -0.05) is 11.6 Å². The van der Waals surface area contributed by atoms with Crippen LogP contribution in [0.5, 0.6) is 0 Å². The summed E-state index contributed by atoms with van der Waals surface area (Å²) in [6, 6.07) is 3.73. The van der Waals surface area contributed by atoms with Gasteiger partial charge in [0.1, 0.15) is 5.56 Å². The number of rotatable bonds is 4. The molecule has 1 heterocycles. The molecule has 1 aromatic heterocycles. The topological polar surface area (TPSA) is 91.4 Å². The van der Waals surface area contributed by atoms with Crippen LogP contribution in [-0.4, -0.2) is 22.1 Å². The molecule has 0 unspecified atom stereocenters. The maximum Gasteiger partial charge on any atom is 0.345 e. The third-order valence-corrected chi connectivity index (χ3v) is 3.73. The molecule has 0 aliphatic rings. The molecular weight excluding hydrogens is 324 g/mol. The lowest BCUT2D eigenvalue weighted by Crippen LogP contribution is -2.29. The van der Waals surface area contributed by atoms with E-state index in [2.05, 4.69) is 0 Å². The summed E-state index contributed by atoms with van der Waals surface area (Å²) in [4.78, 5) is 35.1. The number of esters is 1. The highest BCUT2D eigenvalue weighted by Crippen LogP contribution is 2.30. The number of non-ortho nitro benzene ring substituents is 1. The van der Waals surface area contributed by atoms with E-state index in [0.717, 1.165) is 0 Å². The van der Waals surface area contributed by atoms with Crippen molar-refractivity contribution in [1.29, 1.82) is 0 Å². The minimum atomic E-state index is -0.842. The highest BCUT2D eigenvalue weighted by Gasteiger charge is 2.24. The van der Waals surface area contributed by atoms with E-state index in [-0.39, 0.29) is 34.3 Å². The molecule has 8 heteroatoms. The molecule has 0 saturated carbocycles. The van der Waals surface area contributed by atoms with Crippen LogP contribution in [0.3, 0.4) is 0 Å². The Morgan fingerprint density at radius 1 is 1.43 bits per heavy atom. The van der Waals surface area contributed by atoms with Crippen LogP contribution in [0.2, 0.25) is 5.02 Å². The Morgan fingerprint density at radius 3 is 2.61 bits per heavy atom. The molecule has 0 amide bonds. The van der Waals surface area contributed by atoms with Gasteiger partial charge in [0.2, 0.25) is 0 Å². The van der Waals surface area contributed by atoms with Gasteiger partial charge in [0.25, 0.3) is 11.2 Å². The highest BCUT2D eigenvalue weighted by atomic mass is 35.5. The Kier molecular flexibility index (Phi) is 4.70. The Balaban J connectivity index is 2.94. The molecule has 0 fully saturated rings. The maximum absolute atomic E-state index is 12.6. The van der Waals surface area contributed by atoms with Crippen molar-refractivity contribution < 1.29 is 14.5 Å². The normalized spacial score (nSPS) is 11.0. The number of benzene rings is 1. The molecule has 2 aromatic rings. The Bertz CT molecular complexity index is 857. The van der Waals surface area contributed by atoms with E-state index < -0.39 is 16.5 Å². The van der Waals surface area contributed by atoms with Crippen LogP contribution < -0.4 is 5.56 Å². The van der Waals surface area contributed by atoms with Crippen LogP contribution in [0.15, 0.2) is 23.0 Å². The van der Waals surface area contributed by atoms with Crippen molar-refractivity contribution in [2.75, 3.05) is 6.61 Å². The van der Waals surface area contributed by atoms with Gasteiger partial charge in [0, 0.05) is 23.6 Å². The number of hydrogen-bond donors (Lipinski definition) is 0. The second-order valence-corrected chi connectivity index (χ2v) is 5.51. The van der Waals surface area contributed by atoms with Crippen molar-refractivity contribution in [3.05, 3.63) is 49.3 Å². The third-order valence-electron chi connectivity index (χ3n) is 3.34. The number of nitrogens with zero attached hydrogens (tertiary/aromatic N) is 2. The first kappa shape index (κ1) is 17.0. The van der Waals surface area contributed by atoms with Gasteiger partial charge in [-0.3, -0.25) is 14.9 Å². The van der Waals surface area contributed by atoms with Crippen molar-refractivity contribution in [3.8, 4) is 0 Å². The van der Waals surface area contributed by atoms with Crippen LogP contribution in [-0.2, 0) is 4.74 Å². The lowest BCUT2D eigenvalue weighted by atomic mass is 10.1. The summed E-state index contributed by atoms with van der Waals surface area (Å²) in [5.41, 5.74) is -0.642. The van der Waals surface area contributed by atoms with Crippen molar-refractivity contribution in [2.24, 2.45) is 0 Å². The summed E-state index contributed by atoms with van der Waals surface area (Å²) in [5.74, 6) is -0.842. The molecule has 7 nitrogen and oxygen atoms in total. The summed E-state index contributed by atoms with van der Waals surface area (Å²) < 4.78 is 6.25. The molecular formula is C15H15ClN2O5. The zero-order chi connectivity index (χ0) is 17.3. The van der Waals surface area contributed by atoms with Crippen LogP contribution in [0.25, 0.3) is 10.9 Å². The third kappa shape index (κ3) is 2.92. The zero-order valence-electron chi connectivity index (χ0n) is 12.8. The van der Waals surface area contributed by atoms with E-state index in [1.807, 2.05) is 0 Å². The molecule has 0 bridgehead atoms. The average Bonchev–Trinajstić information content (AvgIpc) is 2.46. The largest absolute Gasteiger partial charge is 0.462 e. The van der Waals surface area contributed by atoms with Crippen molar-refractivity contribution in [1.82, 2.24) is 4.57 Å². The number of nitro groups is 1. The maximum atomic E-state index is 12.6. The summed E-state index contributed by atoms with van der Waals surface area (Å²) in [6.45, 7) is 5.23.